The molecule has 0 aromatic heterocycles. The first-order valence-electron chi connectivity index (χ1n) is 8.49. The molecule has 0 spiro atoms. The summed E-state index contributed by atoms with van der Waals surface area (Å²) in [6, 6.07) is 12.3. The van der Waals surface area contributed by atoms with Crippen molar-refractivity contribution >= 4 is 16.0 Å². The zero-order valence-corrected chi connectivity index (χ0v) is 16.7. The summed E-state index contributed by atoms with van der Waals surface area (Å²) < 4.78 is 63.6. The number of rotatable bonds is 6. The number of halogens is 3. The second kappa shape index (κ2) is 10.4. The molecule has 10 heteroatoms. The second-order valence-electron chi connectivity index (χ2n) is 6.33. The van der Waals surface area contributed by atoms with Gasteiger partial charge in [-0.2, -0.15) is 21.6 Å². The fourth-order valence-electron chi connectivity index (χ4n) is 2.25. The molecule has 1 amide bonds. The van der Waals surface area contributed by atoms with Crippen molar-refractivity contribution in [3.8, 4) is 11.1 Å². The van der Waals surface area contributed by atoms with E-state index in [1.54, 1.807) is 6.92 Å². The fraction of sp³-hybridized carbons (Fsp3) is 0.316. The maximum absolute atomic E-state index is 12.6. The van der Waals surface area contributed by atoms with E-state index in [-0.39, 0.29) is 6.04 Å². The van der Waals surface area contributed by atoms with Crippen LogP contribution in [0.2, 0.25) is 0 Å². The van der Waals surface area contributed by atoms with Crippen molar-refractivity contribution in [3.63, 3.8) is 0 Å². The molecular weight excluding hydrogens is 409 g/mol. The Morgan fingerprint density at radius 2 is 1.48 bits per heavy atom. The highest BCUT2D eigenvalue weighted by molar-refractivity contribution is 7.85. The standard InChI is InChI=1S/C18H19F3N2O.CH4O3S/c1-12(17(22)24)23-11-10-13-2-4-14(5-3-13)15-6-8-16(9-7-15)18(19,20)21;1-5(2,3)4/h2-9,12,23H,10-11H2,1H3,(H2,22,24);1H3,(H,2,3,4). The number of hydrogen-bond acceptors (Lipinski definition) is 4. The zero-order valence-electron chi connectivity index (χ0n) is 15.9. The molecule has 1 unspecified atom stereocenters. The molecule has 0 aliphatic rings. The fourth-order valence-corrected chi connectivity index (χ4v) is 2.25. The van der Waals surface area contributed by atoms with E-state index in [0.717, 1.165) is 35.2 Å². The van der Waals surface area contributed by atoms with Crippen molar-refractivity contribution in [2.45, 2.75) is 25.6 Å². The Balaban J connectivity index is 0.000000749. The highest BCUT2D eigenvalue weighted by atomic mass is 32.2. The van der Waals surface area contributed by atoms with E-state index in [4.69, 9.17) is 10.3 Å². The molecule has 1 atom stereocenters. The van der Waals surface area contributed by atoms with Crippen molar-refractivity contribution in [2.24, 2.45) is 5.73 Å². The number of alkyl halides is 3. The van der Waals surface area contributed by atoms with Crippen molar-refractivity contribution in [1.29, 1.82) is 0 Å². The lowest BCUT2D eigenvalue weighted by Crippen LogP contribution is -2.39. The van der Waals surface area contributed by atoms with E-state index in [9.17, 15) is 26.4 Å². The molecule has 160 valence electrons. The van der Waals surface area contributed by atoms with E-state index in [1.807, 2.05) is 24.3 Å². The Kier molecular flexibility index (Phi) is 8.80. The average Bonchev–Trinajstić information content (AvgIpc) is 2.60. The van der Waals surface area contributed by atoms with E-state index >= 15 is 0 Å². The molecule has 2 aromatic rings. The molecule has 0 saturated heterocycles. The Morgan fingerprint density at radius 3 is 1.86 bits per heavy atom. The van der Waals surface area contributed by atoms with E-state index < -0.39 is 27.8 Å². The van der Waals surface area contributed by atoms with Crippen molar-refractivity contribution in [2.75, 3.05) is 12.8 Å². The van der Waals surface area contributed by atoms with Crippen LogP contribution < -0.4 is 11.1 Å². The molecule has 0 bridgehead atoms. The second-order valence-corrected chi connectivity index (χ2v) is 7.80. The number of nitrogens with two attached hydrogens (primary N) is 1. The maximum atomic E-state index is 12.6. The van der Waals surface area contributed by atoms with Gasteiger partial charge in [0.25, 0.3) is 10.1 Å². The Bertz CT molecular complexity index is 889. The molecule has 29 heavy (non-hydrogen) atoms. The van der Waals surface area contributed by atoms with E-state index in [2.05, 4.69) is 5.32 Å². The summed E-state index contributed by atoms with van der Waals surface area (Å²) in [5.74, 6) is -0.396. The predicted molar refractivity (Wildman–Crippen MR) is 105 cm³/mol. The molecule has 4 N–H and O–H groups in total. The summed E-state index contributed by atoms with van der Waals surface area (Å²) in [5, 5.41) is 3.02. The summed E-state index contributed by atoms with van der Waals surface area (Å²) >= 11 is 0. The van der Waals surface area contributed by atoms with Crippen LogP contribution in [0.25, 0.3) is 11.1 Å². The predicted octanol–water partition coefficient (Wildman–Crippen LogP) is 2.88. The summed E-state index contributed by atoms with van der Waals surface area (Å²) in [5.41, 5.74) is 7.16. The number of hydrogen-bond donors (Lipinski definition) is 3. The number of benzene rings is 2. The maximum Gasteiger partial charge on any atom is 0.416 e. The van der Waals surface area contributed by atoms with Crippen molar-refractivity contribution in [1.82, 2.24) is 5.32 Å². The largest absolute Gasteiger partial charge is 0.416 e. The van der Waals surface area contributed by atoms with Gasteiger partial charge in [0.05, 0.1) is 17.9 Å². The van der Waals surface area contributed by atoms with Gasteiger partial charge in [0.2, 0.25) is 5.91 Å². The van der Waals surface area contributed by atoms with E-state index in [1.165, 1.54) is 12.1 Å². The Morgan fingerprint density at radius 1 is 1.07 bits per heavy atom. The van der Waals surface area contributed by atoms with Crippen LogP contribution in [0.15, 0.2) is 48.5 Å². The quantitative estimate of drug-likeness (QED) is 0.608. The van der Waals surface area contributed by atoms with Gasteiger partial charge in [-0.15, -0.1) is 0 Å². The highest BCUT2D eigenvalue weighted by Gasteiger charge is 2.29. The molecule has 0 heterocycles. The first-order chi connectivity index (χ1) is 13.3. The first kappa shape index (κ1) is 24.6. The molecule has 2 rings (SSSR count). The van der Waals surface area contributed by atoms with Gasteiger partial charge in [-0.25, -0.2) is 0 Å². The molecule has 0 aliphatic carbocycles. The molecule has 0 saturated carbocycles. The normalized spacial score (nSPS) is 12.6. The number of amides is 1. The van der Waals surface area contributed by atoms with Gasteiger partial charge < -0.3 is 11.1 Å². The van der Waals surface area contributed by atoms with Crippen LogP contribution in [-0.4, -0.2) is 37.7 Å². The molecule has 0 radical (unpaired) electrons. The Labute approximate surface area is 167 Å². The summed E-state index contributed by atoms with van der Waals surface area (Å²) in [6.45, 7) is 2.32. The SMILES string of the molecule is CC(NCCc1ccc(-c2ccc(C(F)(F)F)cc2)cc1)C(N)=O.CS(=O)(=O)O. The molecule has 6 nitrogen and oxygen atoms in total. The summed E-state index contributed by atoms with van der Waals surface area (Å²) in [6.07, 6.45) is -2.88. The van der Waals surface area contributed by atoms with Crippen molar-refractivity contribution < 1.29 is 30.9 Å². The smallest absolute Gasteiger partial charge is 0.368 e. The third-order valence-corrected chi connectivity index (χ3v) is 3.79. The average molecular weight is 432 g/mol. The van der Waals surface area contributed by atoms with Crippen LogP contribution in [0, 0.1) is 0 Å². The third-order valence-electron chi connectivity index (χ3n) is 3.79. The van der Waals surface area contributed by atoms with Crippen LogP contribution in [0.5, 0.6) is 0 Å². The molecule has 0 fully saturated rings. The minimum Gasteiger partial charge on any atom is -0.368 e. The van der Waals surface area contributed by atoms with E-state index in [0.29, 0.717) is 12.8 Å². The van der Waals surface area contributed by atoms with Crippen LogP contribution >= 0.6 is 0 Å². The molecule has 2 aromatic carbocycles. The lowest BCUT2D eigenvalue weighted by atomic mass is 10.0. The Hall–Kier alpha value is -2.43. The van der Waals surface area contributed by atoms with Gasteiger partial charge in [-0.3, -0.25) is 9.35 Å². The topological polar surface area (TPSA) is 109 Å². The van der Waals surface area contributed by atoms with Gasteiger partial charge in [-0.05, 0) is 48.7 Å². The number of carbonyl (C=O) groups is 1. The summed E-state index contributed by atoms with van der Waals surface area (Å²) in [7, 11) is -3.67. The van der Waals surface area contributed by atoms with Crippen LogP contribution in [0.4, 0.5) is 13.2 Å². The number of nitrogens with one attached hydrogen (secondary N) is 1. The minimum atomic E-state index is -4.32. The lowest BCUT2D eigenvalue weighted by molar-refractivity contribution is -0.137. The lowest BCUT2D eigenvalue weighted by Gasteiger charge is -2.10. The summed E-state index contributed by atoms with van der Waals surface area (Å²) in [4.78, 5) is 10.9. The van der Waals surface area contributed by atoms with Gasteiger partial charge in [0.1, 0.15) is 0 Å². The monoisotopic (exact) mass is 432 g/mol. The van der Waals surface area contributed by atoms with Crippen molar-refractivity contribution in [3.05, 3.63) is 59.7 Å². The number of primary amides is 1. The molecule has 0 aliphatic heterocycles. The van der Waals surface area contributed by atoms with Crippen LogP contribution in [0.1, 0.15) is 18.1 Å². The van der Waals surface area contributed by atoms with Crippen LogP contribution in [-0.2, 0) is 27.5 Å². The molecular formula is C19H23F3N2O4S. The third kappa shape index (κ3) is 10.1. The zero-order chi connectivity index (χ0) is 22.2. The van der Waals surface area contributed by atoms with Gasteiger partial charge in [0.15, 0.2) is 0 Å². The highest BCUT2D eigenvalue weighted by Crippen LogP contribution is 2.31. The van der Waals surface area contributed by atoms with Gasteiger partial charge in [-0.1, -0.05) is 36.4 Å². The minimum absolute atomic E-state index is 0.378. The van der Waals surface area contributed by atoms with Gasteiger partial charge in [0, 0.05) is 0 Å². The number of carbonyl (C=O) groups excluding carboxylic acids is 1. The first-order valence-corrected chi connectivity index (χ1v) is 10.3. The van der Waals surface area contributed by atoms with Crippen LogP contribution in [0.3, 0.4) is 0 Å². The van der Waals surface area contributed by atoms with Gasteiger partial charge >= 0.3 is 6.18 Å².